The maximum atomic E-state index is 12.7. The van der Waals surface area contributed by atoms with Gasteiger partial charge in [-0.25, -0.2) is 8.42 Å². The summed E-state index contributed by atoms with van der Waals surface area (Å²) in [6, 6.07) is 11.9. The fourth-order valence-corrected chi connectivity index (χ4v) is 5.00. The second kappa shape index (κ2) is 8.67. The van der Waals surface area contributed by atoms with Crippen molar-refractivity contribution >= 4 is 49.0 Å². The number of rotatable bonds is 6. The van der Waals surface area contributed by atoms with Crippen LogP contribution in [0.3, 0.4) is 0 Å². The second-order valence-corrected chi connectivity index (χ2v) is 10.1. The van der Waals surface area contributed by atoms with E-state index in [1.54, 1.807) is 41.3 Å². The average Bonchev–Trinajstić information content (AvgIpc) is 3.02. The number of benzene rings is 2. The second-order valence-electron chi connectivity index (χ2n) is 7.08. The van der Waals surface area contributed by atoms with E-state index in [9.17, 15) is 18.0 Å². The maximum absolute atomic E-state index is 12.7. The van der Waals surface area contributed by atoms with E-state index in [-0.39, 0.29) is 34.9 Å². The van der Waals surface area contributed by atoms with Gasteiger partial charge < -0.3 is 10.2 Å². The highest BCUT2D eigenvalue weighted by Crippen LogP contribution is 2.34. The summed E-state index contributed by atoms with van der Waals surface area (Å²) >= 11 is 3.32. The molecule has 2 amide bonds. The molecule has 154 valence electrons. The minimum atomic E-state index is -3.61. The van der Waals surface area contributed by atoms with Crippen molar-refractivity contribution in [3.8, 4) is 0 Å². The summed E-state index contributed by atoms with van der Waals surface area (Å²) in [5.41, 5.74) is 2.23. The van der Waals surface area contributed by atoms with Crippen LogP contribution in [-0.2, 0) is 25.8 Å². The zero-order valence-corrected chi connectivity index (χ0v) is 18.7. The molecular weight excluding hydrogens is 456 g/mol. The van der Waals surface area contributed by atoms with Crippen LogP contribution >= 0.6 is 15.9 Å². The Morgan fingerprint density at radius 1 is 1.17 bits per heavy atom. The molecule has 3 rings (SSSR count). The topological polar surface area (TPSA) is 83.6 Å². The first-order chi connectivity index (χ1) is 13.7. The van der Waals surface area contributed by atoms with E-state index in [0.717, 1.165) is 15.7 Å². The van der Waals surface area contributed by atoms with Crippen molar-refractivity contribution in [2.75, 3.05) is 16.0 Å². The first-order valence-corrected chi connectivity index (χ1v) is 11.9. The fourth-order valence-electron chi connectivity index (χ4n) is 3.45. The summed E-state index contributed by atoms with van der Waals surface area (Å²) in [5, 5.41) is 2.70. The SMILES string of the molecule is CCC(=O)N1c2ccc(S(=O)(=O)CCC(=O)Nc3ccc(Br)cc3)cc2CC1C. The normalized spacial score (nSPS) is 15.8. The Balaban J connectivity index is 1.69. The lowest BCUT2D eigenvalue weighted by atomic mass is 10.1. The van der Waals surface area contributed by atoms with E-state index in [0.29, 0.717) is 18.5 Å². The molecule has 1 N–H and O–H groups in total. The van der Waals surface area contributed by atoms with Crippen molar-refractivity contribution in [3.63, 3.8) is 0 Å². The van der Waals surface area contributed by atoms with Gasteiger partial charge >= 0.3 is 0 Å². The van der Waals surface area contributed by atoms with E-state index in [1.807, 2.05) is 13.8 Å². The van der Waals surface area contributed by atoms with Gasteiger partial charge in [0.05, 0.1) is 10.6 Å². The molecule has 0 aromatic heterocycles. The van der Waals surface area contributed by atoms with Gasteiger partial charge in [-0.05, 0) is 61.4 Å². The molecule has 0 aliphatic carbocycles. The molecule has 6 nitrogen and oxygen atoms in total. The van der Waals surface area contributed by atoms with Crippen LogP contribution in [0.25, 0.3) is 0 Å². The fraction of sp³-hybridized carbons (Fsp3) is 0.333. The van der Waals surface area contributed by atoms with Crippen LogP contribution in [0.5, 0.6) is 0 Å². The maximum Gasteiger partial charge on any atom is 0.226 e. The van der Waals surface area contributed by atoms with E-state index in [2.05, 4.69) is 21.2 Å². The molecule has 0 fully saturated rings. The number of hydrogen-bond acceptors (Lipinski definition) is 4. The van der Waals surface area contributed by atoms with E-state index >= 15 is 0 Å². The van der Waals surface area contributed by atoms with Gasteiger partial charge in [0.2, 0.25) is 11.8 Å². The van der Waals surface area contributed by atoms with Crippen molar-refractivity contribution in [1.82, 2.24) is 0 Å². The van der Waals surface area contributed by atoms with Crippen molar-refractivity contribution in [2.24, 2.45) is 0 Å². The Hall–Kier alpha value is -2.19. The number of halogens is 1. The molecule has 1 atom stereocenters. The molecule has 1 aliphatic heterocycles. The molecule has 29 heavy (non-hydrogen) atoms. The van der Waals surface area contributed by atoms with E-state index < -0.39 is 9.84 Å². The summed E-state index contributed by atoms with van der Waals surface area (Å²) in [6.45, 7) is 3.76. The molecule has 1 aliphatic rings. The number of carbonyl (C=O) groups is 2. The van der Waals surface area contributed by atoms with Crippen molar-refractivity contribution in [1.29, 1.82) is 0 Å². The number of carbonyl (C=O) groups excluding carboxylic acids is 2. The van der Waals surface area contributed by atoms with E-state index in [4.69, 9.17) is 0 Å². The lowest BCUT2D eigenvalue weighted by Crippen LogP contribution is -2.35. The Kier molecular flexibility index (Phi) is 6.43. The third kappa shape index (κ3) is 4.87. The van der Waals surface area contributed by atoms with Crippen LogP contribution in [0, 0.1) is 0 Å². The third-order valence-corrected chi connectivity index (χ3v) is 7.17. The number of hydrogen-bond donors (Lipinski definition) is 1. The quantitative estimate of drug-likeness (QED) is 0.681. The Morgan fingerprint density at radius 2 is 1.86 bits per heavy atom. The summed E-state index contributed by atoms with van der Waals surface area (Å²) < 4.78 is 26.3. The highest BCUT2D eigenvalue weighted by molar-refractivity contribution is 9.10. The van der Waals surface area contributed by atoms with Gasteiger partial charge in [-0.2, -0.15) is 0 Å². The number of anilines is 2. The van der Waals surface area contributed by atoms with Gasteiger partial charge in [0.15, 0.2) is 9.84 Å². The molecule has 0 radical (unpaired) electrons. The lowest BCUT2D eigenvalue weighted by Gasteiger charge is -2.22. The highest BCUT2D eigenvalue weighted by Gasteiger charge is 2.31. The largest absolute Gasteiger partial charge is 0.326 e. The molecule has 2 aromatic carbocycles. The monoisotopic (exact) mass is 478 g/mol. The molecule has 0 spiro atoms. The summed E-state index contributed by atoms with van der Waals surface area (Å²) in [6.07, 6.45) is 0.887. The minimum absolute atomic E-state index is 0.00657. The number of nitrogens with one attached hydrogen (secondary N) is 1. The molecule has 1 unspecified atom stereocenters. The molecule has 0 saturated heterocycles. The van der Waals surface area contributed by atoms with Crippen molar-refractivity contribution in [2.45, 2.75) is 44.0 Å². The average molecular weight is 479 g/mol. The molecule has 0 saturated carbocycles. The lowest BCUT2D eigenvalue weighted by molar-refractivity contribution is -0.118. The van der Waals surface area contributed by atoms with Gasteiger partial charge in [-0.3, -0.25) is 9.59 Å². The predicted molar refractivity (Wildman–Crippen MR) is 117 cm³/mol. The molecule has 8 heteroatoms. The third-order valence-electron chi connectivity index (χ3n) is 4.92. The summed E-state index contributed by atoms with van der Waals surface area (Å²) in [4.78, 5) is 26.2. The first kappa shape index (κ1) is 21.5. The van der Waals surface area contributed by atoms with Crippen molar-refractivity contribution < 1.29 is 18.0 Å². The number of fused-ring (bicyclic) bond motifs is 1. The van der Waals surface area contributed by atoms with Gasteiger partial charge in [-0.15, -0.1) is 0 Å². The van der Waals surface area contributed by atoms with Crippen LogP contribution in [0.4, 0.5) is 11.4 Å². The molecular formula is C21H23BrN2O4S. The van der Waals surface area contributed by atoms with Crippen LogP contribution in [0.2, 0.25) is 0 Å². The van der Waals surface area contributed by atoms with Crippen molar-refractivity contribution in [3.05, 3.63) is 52.5 Å². The zero-order valence-electron chi connectivity index (χ0n) is 16.3. The molecule has 0 bridgehead atoms. The number of amides is 2. The van der Waals surface area contributed by atoms with Gasteiger partial charge in [0, 0.05) is 34.7 Å². The van der Waals surface area contributed by atoms with Gasteiger partial charge in [0.25, 0.3) is 0 Å². The van der Waals surface area contributed by atoms with Gasteiger partial charge in [0.1, 0.15) is 0 Å². The minimum Gasteiger partial charge on any atom is -0.326 e. The van der Waals surface area contributed by atoms with Gasteiger partial charge in [-0.1, -0.05) is 22.9 Å². The smallest absolute Gasteiger partial charge is 0.226 e. The summed E-state index contributed by atoms with van der Waals surface area (Å²) in [7, 11) is -3.61. The summed E-state index contributed by atoms with van der Waals surface area (Å²) in [5.74, 6) is -0.608. The standard InChI is InChI=1S/C21H23BrN2O4S/c1-3-21(26)24-14(2)12-15-13-18(8-9-19(15)24)29(27,28)11-10-20(25)23-17-6-4-16(22)5-7-17/h4-9,13-14H,3,10-12H2,1-2H3,(H,23,25). The van der Waals surface area contributed by atoms with Crippen LogP contribution in [-0.4, -0.2) is 32.0 Å². The van der Waals surface area contributed by atoms with Crippen LogP contribution < -0.4 is 10.2 Å². The molecule has 2 aromatic rings. The first-order valence-electron chi connectivity index (χ1n) is 9.44. The van der Waals surface area contributed by atoms with E-state index in [1.165, 1.54) is 6.07 Å². The zero-order chi connectivity index (χ0) is 21.2. The van der Waals surface area contributed by atoms with Crippen LogP contribution in [0.1, 0.15) is 32.3 Å². The number of nitrogens with zero attached hydrogens (tertiary/aromatic N) is 1. The Labute approximate surface area is 179 Å². The van der Waals surface area contributed by atoms with Crippen LogP contribution in [0.15, 0.2) is 51.8 Å². The molecule has 1 heterocycles. The predicted octanol–water partition coefficient (Wildman–Crippen LogP) is 3.94. The Morgan fingerprint density at radius 3 is 2.52 bits per heavy atom. The highest BCUT2D eigenvalue weighted by atomic mass is 79.9. The number of sulfone groups is 1. The Bertz CT molecular complexity index is 1040.